The minimum Gasteiger partial charge on any atom is -0.507 e. The number of ketones is 1. The SMILES string of the molecule is CC(=O)CCc1cc(C)c(O)c(C=O)c1. The third-order valence-electron chi connectivity index (χ3n) is 2.28. The monoisotopic (exact) mass is 206 g/mol. The van der Waals surface area contributed by atoms with Gasteiger partial charge < -0.3 is 9.90 Å². The summed E-state index contributed by atoms with van der Waals surface area (Å²) in [5.41, 5.74) is 1.86. The Morgan fingerprint density at radius 3 is 2.67 bits per heavy atom. The molecule has 1 rings (SSSR count). The van der Waals surface area contributed by atoms with E-state index in [4.69, 9.17) is 0 Å². The lowest BCUT2D eigenvalue weighted by atomic mass is 10.0. The van der Waals surface area contributed by atoms with Crippen molar-refractivity contribution in [3.05, 3.63) is 28.8 Å². The lowest BCUT2D eigenvalue weighted by Gasteiger charge is -2.06. The molecule has 0 atom stereocenters. The first kappa shape index (κ1) is 11.4. The second kappa shape index (κ2) is 4.73. The maximum absolute atomic E-state index is 10.8. The third kappa shape index (κ3) is 2.91. The number of carbonyl (C=O) groups excluding carboxylic acids is 2. The van der Waals surface area contributed by atoms with Gasteiger partial charge in [0.1, 0.15) is 11.5 Å². The Labute approximate surface area is 88.7 Å². The van der Waals surface area contributed by atoms with Gasteiger partial charge in [0.25, 0.3) is 0 Å². The summed E-state index contributed by atoms with van der Waals surface area (Å²) in [6, 6.07) is 3.42. The molecule has 3 heteroatoms. The normalized spacial score (nSPS) is 10.0. The van der Waals surface area contributed by atoms with Gasteiger partial charge in [-0.3, -0.25) is 4.79 Å². The minimum absolute atomic E-state index is 0.0246. The lowest BCUT2D eigenvalue weighted by molar-refractivity contribution is -0.116. The molecule has 0 saturated heterocycles. The molecular formula is C12H14O3. The predicted molar refractivity (Wildman–Crippen MR) is 57.2 cm³/mol. The van der Waals surface area contributed by atoms with E-state index in [-0.39, 0.29) is 17.1 Å². The molecule has 80 valence electrons. The highest BCUT2D eigenvalue weighted by molar-refractivity contribution is 5.80. The van der Waals surface area contributed by atoms with Crippen LogP contribution in [0.25, 0.3) is 0 Å². The zero-order chi connectivity index (χ0) is 11.4. The second-order valence-corrected chi connectivity index (χ2v) is 3.67. The lowest BCUT2D eigenvalue weighted by Crippen LogP contribution is -1.96. The van der Waals surface area contributed by atoms with E-state index in [2.05, 4.69) is 0 Å². The summed E-state index contributed by atoms with van der Waals surface area (Å²) in [6.07, 6.45) is 1.69. The summed E-state index contributed by atoms with van der Waals surface area (Å²) in [6.45, 7) is 3.27. The molecule has 1 aromatic carbocycles. The molecule has 15 heavy (non-hydrogen) atoms. The van der Waals surface area contributed by atoms with E-state index in [1.54, 1.807) is 19.1 Å². The van der Waals surface area contributed by atoms with E-state index >= 15 is 0 Å². The molecule has 0 amide bonds. The van der Waals surface area contributed by atoms with Gasteiger partial charge in [-0.2, -0.15) is 0 Å². The van der Waals surface area contributed by atoms with Crippen LogP contribution in [0.2, 0.25) is 0 Å². The largest absolute Gasteiger partial charge is 0.507 e. The quantitative estimate of drug-likeness (QED) is 0.767. The van der Waals surface area contributed by atoms with Crippen molar-refractivity contribution < 1.29 is 14.7 Å². The molecule has 0 aliphatic carbocycles. The Balaban J connectivity index is 2.95. The van der Waals surface area contributed by atoms with Crippen LogP contribution < -0.4 is 0 Å². The number of aromatic hydroxyl groups is 1. The van der Waals surface area contributed by atoms with Crippen molar-refractivity contribution in [1.29, 1.82) is 0 Å². The second-order valence-electron chi connectivity index (χ2n) is 3.67. The van der Waals surface area contributed by atoms with Gasteiger partial charge in [0.15, 0.2) is 6.29 Å². The van der Waals surface area contributed by atoms with Gasteiger partial charge in [-0.25, -0.2) is 0 Å². The first-order valence-corrected chi connectivity index (χ1v) is 4.81. The van der Waals surface area contributed by atoms with Crippen LogP contribution in [-0.2, 0) is 11.2 Å². The van der Waals surface area contributed by atoms with Crippen LogP contribution in [0.1, 0.15) is 34.8 Å². The summed E-state index contributed by atoms with van der Waals surface area (Å²) >= 11 is 0. The molecule has 0 unspecified atom stereocenters. The van der Waals surface area contributed by atoms with Crippen LogP contribution in [0, 0.1) is 6.92 Å². The number of phenols is 1. The fourth-order valence-electron chi connectivity index (χ4n) is 1.44. The zero-order valence-corrected chi connectivity index (χ0v) is 8.91. The van der Waals surface area contributed by atoms with Crippen LogP contribution in [0.3, 0.4) is 0 Å². The third-order valence-corrected chi connectivity index (χ3v) is 2.28. The van der Waals surface area contributed by atoms with E-state index in [0.717, 1.165) is 5.56 Å². The molecular weight excluding hydrogens is 192 g/mol. The van der Waals surface area contributed by atoms with E-state index in [9.17, 15) is 14.7 Å². The van der Waals surface area contributed by atoms with E-state index < -0.39 is 0 Å². The van der Waals surface area contributed by atoms with Crippen LogP contribution in [-0.4, -0.2) is 17.2 Å². The maximum Gasteiger partial charge on any atom is 0.153 e. The number of carbonyl (C=O) groups is 2. The fraction of sp³-hybridized carbons (Fsp3) is 0.333. The van der Waals surface area contributed by atoms with Gasteiger partial charge in [0.05, 0.1) is 5.56 Å². The minimum atomic E-state index is 0.0246. The summed E-state index contributed by atoms with van der Waals surface area (Å²) in [4.78, 5) is 21.4. The Bertz CT molecular complexity index is 394. The number of phenolic OH excluding ortho intramolecular Hbond substituents is 1. The molecule has 0 spiro atoms. The summed E-state index contributed by atoms with van der Waals surface area (Å²) in [5, 5.41) is 9.50. The van der Waals surface area contributed by atoms with Gasteiger partial charge in [-0.05, 0) is 37.5 Å². The Morgan fingerprint density at radius 2 is 2.13 bits per heavy atom. The van der Waals surface area contributed by atoms with Crippen LogP contribution >= 0.6 is 0 Å². The molecule has 0 fully saturated rings. The number of aldehydes is 1. The molecule has 1 aromatic rings. The Morgan fingerprint density at radius 1 is 1.47 bits per heavy atom. The fourth-order valence-corrected chi connectivity index (χ4v) is 1.44. The number of hydrogen-bond donors (Lipinski definition) is 1. The van der Waals surface area contributed by atoms with Crippen molar-refractivity contribution >= 4 is 12.1 Å². The molecule has 0 bridgehead atoms. The van der Waals surface area contributed by atoms with Crippen molar-refractivity contribution in [2.75, 3.05) is 0 Å². The molecule has 0 saturated carbocycles. The topological polar surface area (TPSA) is 54.4 Å². The molecule has 3 nitrogen and oxygen atoms in total. The molecule has 0 aliphatic heterocycles. The molecule has 1 N–H and O–H groups in total. The summed E-state index contributed by atoms with van der Waals surface area (Å²) in [7, 11) is 0. The highest BCUT2D eigenvalue weighted by atomic mass is 16.3. The van der Waals surface area contributed by atoms with Crippen molar-refractivity contribution in [2.45, 2.75) is 26.7 Å². The first-order chi connectivity index (χ1) is 7.04. The van der Waals surface area contributed by atoms with E-state index in [1.807, 2.05) is 0 Å². The number of rotatable bonds is 4. The van der Waals surface area contributed by atoms with Crippen molar-refractivity contribution in [1.82, 2.24) is 0 Å². The van der Waals surface area contributed by atoms with Crippen LogP contribution in [0.5, 0.6) is 5.75 Å². The highest BCUT2D eigenvalue weighted by Gasteiger charge is 2.06. The van der Waals surface area contributed by atoms with Gasteiger partial charge in [-0.1, -0.05) is 6.07 Å². The average Bonchev–Trinajstić information content (AvgIpc) is 2.19. The van der Waals surface area contributed by atoms with Gasteiger partial charge >= 0.3 is 0 Å². The van der Waals surface area contributed by atoms with Gasteiger partial charge in [0.2, 0.25) is 0 Å². The highest BCUT2D eigenvalue weighted by Crippen LogP contribution is 2.23. The number of benzene rings is 1. The average molecular weight is 206 g/mol. The molecule has 0 aliphatic rings. The van der Waals surface area contributed by atoms with E-state index in [1.165, 1.54) is 6.92 Å². The Kier molecular flexibility index (Phi) is 3.61. The van der Waals surface area contributed by atoms with Gasteiger partial charge in [-0.15, -0.1) is 0 Å². The van der Waals surface area contributed by atoms with E-state index in [0.29, 0.717) is 24.7 Å². The number of Topliss-reactive ketones (excluding diaryl/α,β-unsaturated/α-hetero) is 1. The van der Waals surface area contributed by atoms with Crippen LogP contribution in [0.15, 0.2) is 12.1 Å². The van der Waals surface area contributed by atoms with Gasteiger partial charge in [0, 0.05) is 6.42 Å². The molecule has 0 radical (unpaired) electrons. The number of aryl methyl sites for hydroxylation is 2. The van der Waals surface area contributed by atoms with Crippen molar-refractivity contribution in [3.63, 3.8) is 0 Å². The predicted octanol–water partition coefficient (Wildman–Crippen LogP) is 2.03. The molecule has 0 aromatic heterocycles. The first-order valence-electron chi connectivity index (χ1n) is 4.81. The zero-order valence-electron chi connectivity index (χ0n) is 8.91. The maximum atomic E-state index is 10.8. The summed E-state index contributed by atoms with van der Waals surface area (Å²) < 4.78 is 0. The molecule has 0 heterocycles. The smallest absolute Gasteiger partial charge is 0.153 e. The standard InChI is InChI=1S/C12H14O3/c1-8-5-10(4-3-9(2)14)6-11(7-13)12(8)15/h5-7,15H,3-4H2,1-2H3. The van der Waals surface area contributed by atoms with Crippen molar-refractivity contribution in [2.24, 2.45) is 0 Å². The summed E-state index contributed by atoms with van der Waals surface area (Å²) in [5.74, 6) is 0.143. The Hall–Kier alpha value is -1.64. The van der Waals surface area contributed by atoms with Crippen molar-refractivity contribution in [3.8, 4) is 5.75 Å². The van der Waals surface area contributed by atoms with Crippen LogP contribution in [0.4, 0.5) is 0 Å². The number of hydrogen-bond acceptors (Lipinski definition) is 3.